The summed E-state index contributed by atoms with van der Waals surface area (Å²) in [5.74, 6) is 2.29. The summed E-state index contributed by atoms with van der Waals surface area (Å²) in [6, 6.07) is 4.02. The highest BCUT2D eigenvalue weighted by atomic mass is 16.5. The van der Waals surface area contributed by atoms with Gasteiger partial charge in [-0.2, -0.15) is 0 Å². The van der Waals surface area contributed by atoms with Crippen molar-refractivity contribution in [1.82, 2.24) is 19.9 Å². The predicted molar refractivity (Wildman–Crippen MR) is 76.7 cm³/mol. The van der Waals surface area contributed by atoms with Gasteiger partial charge in [-0.25, -0.2) is 9.97 Å². The zero-order valence-corrected chi connectivity index (χ0v) is 11.6. The molecular formula is C15H20N4O. The third-order valence-corrected chi connectivity index (χ3v) is 4.43. The van der Waals surface area contributed by atoms with Crippen LogP contribution in [0.25, 0.3) is 11.2 Å². The van der Waals surface area contributed by atoms with E-state index < -0.39 is 0 Å². The molecule has 2 aliphatic heterocycles. The Morgan fingerprint density at radius 2 is 2.40 bits per heavy atom. The molecule has 5 heteroatoms. The normalized spacial score (nSPS) is 26.6. The predicted octanol–water partition coefficient (Wildman–Crippen LogP) is 1.54. The number of fused-ring (bicyclic) bond motifs is 1. The van der Waals surface area contributed by atoms with Crippen LogP contribution >= 0.6 is 0 Å². The molecule has 0 bridgehead atoms. The highest BCUT2D eigenvalue weighted by molar-refractivity contribution is 5.71. The summed E-state index contributed by atoms with van der Waals surface area (Å²) in [5.41, 5.74) is 2.04. The molecule has 5 nitrogen and oxygen atoms in total. The number of hydrogen-bond donors (Lipinski definition) is 1. The first-order valence-electron chi connectivity index (χ1n) is 7.51. The highest BCUT2D eigenvalue weighted by Gasteiger charge is 2.26. The van der Waals surface area contributed by atoms with E-state index in [2.05, 4.69) is 20.9 Å². The van der Waals surface area contributed by atoms with E-state index in [9.17, 15) is 0 Å². The molecule has 0 aliphatic carbocycles. The van der Waals surface area contributed by atoms with Crippen molar-refractivity contribution in [2.45, 2.75) is 25.3 Å². The van der Waals surface area contributed by atoms with Gasteiger partial charge in [-0.15, -0.1) is 0 Å². The van der Waals surface area contributed by atoms with Crippen molar-refractivity contribution in [1.29, 1.82) is 0 Å². The number of nitrogens with zero attached hydrogens (tertiary/aromatic N) is 3. The van der Waals surface area contributed by atoms with Crippen molar-refractivity contribution in [3.63, 3.8) is 0 Å². The van der Waals surface area contributed by atoms with E-state index in [-0.39, 0.29) is 0 Å². The average molecular weight is 272 g/mol. The number of rotatable bonds is 3. The van der Waals surface area contributed by atoms with Crippen LogP contribution in [0.4, 0.5) is 0 Å². The Kier molecular flexibility index (Phi) is 3.16. The molecule has 0 aromatic carbocycles. The van der Waals surface area contributed by atoms with Crippen LogP contribution in [0.3, 0.4) is 0 Å². The van der Waals surface area contributed by atoms with Crippen LogP contribution in [0.15, 0.2) is 18.3 Å². The zero-order chi connectivity index (χ0) is 13.4. The summed E-state index contributed by atoms with van der Waals surface area (Å²) in [7, 11) is 0. The van der Waals surface area contributed by atoms with Crippen LogP contribution in [0.1, 0.15) is 24.6 Å². The first-order valence-corrected chi connectivity index (χ1v) is 7.51. The van der Waals surface area contributed by atoms with Gasteiger partial charge >= 0.3 is 0 Å². The van der Waals surface area contributed by atoms with Crippen LogP contribution in [-0.4, -0.2) is 40.8 Å². The van der Waals surface area contributed by atoms with E-state index in [1.165, 1.54) is 12.2 Å². The molecule has 1 N–H and O–H groups in total. The quantitative estimate of drug-likeness (QED) is 0.921. The third kappa shape index (κ3) is 2.11. The van der Waals surface area contributed by atoms with Gasteiger partial charge in [-0.3, -0.25) is 0 Å². The van der Waals surface area contributed by atoms with E-state index in [1.54, 1.807) is 0 Å². The van der Waals surface area contributed by atoms with Gasteiger partial charge in [0.2, 0.25) is 0 Å². The monoisotopic (exact) mass is 272 g/mol. The second-order valence-electron chi connectivity index (χ2n) is 5.85. The summed E-state index contributed by atoms with van der Waals surface area (Å²) in [4.78, 5) is 9.39. The van der Waals surface area contributed by atoms with Gasteiger partial charge < -0.3 is 14.6 Å². The summed E-state index contributed by atoms with van der Waals surface area (Å²) in [5, 5.41) is 3.44. The van der Waals surface area contributed by atoms with Crippen LogP contribution in [0.5, 0.6) is 0 Å². The summed E-state index contributed by atoms with van der Waals surface area (Å²) >= 11 is 0. The van der Waals surface area contributed by atoms with Crippen LogP contribution in [0, 0.1) is 5.92 Å². The SMILES string of the molecule is c1cnc2c(c1)nc(C1CCOC1)n2CC1CCNC1. The van der Waals surface area contributed by atoms with E-state index in [1.807, 2.05) is 12.3 Å². The Balaban J connectivity index is 1.75. The summed E-state index contributed by atoms with van der Waals surface area (Å²) < 4.78 is 7.89. The Labute approximate surface area is 118 Å². The fourth-order valence-electron chi connectivity index (χ4n) is 3.33. The molecule has 2 atom stereocenters. The Morgan fingerprint density at radius 1 is 1.40 bits per heavy atom. The number of pyridine rings is 1. The van der Waals surface area contributed by atoms with Gasteiger partial charge in [0, 0.05) is 25.3 Å². The van der Waals surface area contributed by atoms with Crippen molar-refractivity contribution in [2.24, 2.45) is 5.92 Å². The van der Waals surface area contributed by atoms with E-state index in [0.29, 0.717) is 11.8 Å². The zero-order valence-electron chi connectivity index (χ0n) is 11.6. The summed E-state index contributed by atoms with van der Waals surface area (Å²) in [6.45, 7) is 4.91. The molecule has 106 valence electrons. The fraction of sp³-hybridized carbons (Fsp3) is 0.600. The van der Waals surface area contributed by atoms with Crippen molar-refractivity contribution < 1.29 is 4.74 Å². The maximum Gasteiger partial charge on any atom is 0.160 e. The first-order chi connectivity index (χ1) is 9.92. The molecule has 0 spiro atoms. The topological polar surface area (TPSA) is 52.0 Å². The standard InChI is InChI=1S/C15H20N4O/c1-2-13-15(17-5-1)19(9-11-3-6-16-8-11)14(18-13)12-4-7-20-10-12/h1-2,5,11-12,16H,3-4,6-10H2. The van der Waals surface area contributed by atoms with Crippen LogP contribution in [-0.2, 0) is 11.3 Å². The van der Waals surface area contributed by atoms with Crippen molar-refractivity contribution in [2.75, 3.05) is 26.3 Å². The van der Waals surface area contributed by atoms with Gasteiger partial charge in [0.1, 0.15) is 11.3 Å². The highest BCUT2D eigenvalue weighted by Crippen LogP contribution is 2.28. The van der Waals surface area contributed by atoms with Gasteiger partial charge in [-0.05, 0) is 44.0 Å². The first kappa shape index (κ1) is 12.3. The second-order valence-corrected chi connectivity index (χ2v) is 5.85. The van der Waals surface area contributed by atoms with Crippen LogP contribution < -0.4 is 5.32 Å². The molecule has 0 radical (unpaired) electrons. The molecule has 2 aliphatic rings. The number of hydrogen-bond acceptors (Lipinski definition) is 4. The van der Waals surface area contributed by atoms with Crippen molar-refractivity contribution in [3.05, 3.63) is 24.2 Å². The Morgan fingerprint density at radius 3 is 3.20 bits per heavy atom. The maximum atomic E-state index is 5.55. The van der Waals surface area contributed by atoms with E-state index in [0.717, 1.165) is 50.4 Å². The maximum absolute atomic E-state index is 5.55. The number of ether oxygens (including phenoxy) is 1. The smallest absolute Gasteiger partial charge is 0.160 e. The minimum atomic E-state index is 0.429. The van der Waals surface area contributed by atoms with E-state index >= 15 is 0 Å². The molecule has 4 heterocycles. The lowest BCUT2D eigenvalue weighted by Crippen LogP contribution is -2.18. The lowest BCUT2D eigenvalue weighted by Gasteiger charge is -2.15. The molecule has 4 rings (SSSR count). The van der Waals surface area contributed by atoms with Gasteiger partial charge in [0.05, 0.1) is 6.61 Å². The number of nitrogens with one attached hydrogen (secondary N) is 1. The number of imidazole rings is 1. The van der Waals surface area contributed by atoms with Gasteiger partial charge in [0.25, 0.3) is 0 Å². The van der Waals surface area contributed by atoms with Gasteiger partial charge in [0.15, 0.2) is 5.65 Å². The molecule has 2 unspecified atom stereocenters. The minimum Gasteiger partial charge on any atom is -0.381 e. The largest absolute Gasteiger partial charge is 0.381 e. The number of aromatic nitrogens is 3. The molecule has 0 saturated carbocycles. The Hall–Kier alpha value is -1.46. The Bertz CT molecular complexity index is 597. The third-order valence-electron chi connectivity index (χ3n) is 4.43. The van der Waals surface area contributed by atoms with Crippen molar-refractivity contribution in [3.8, 4) is 0 Å². The lowest BCUT2D eigenvalue weighted by atomic mass is 10.1. The molecule has 2 fully saturated rings. The van der Waals surface area contributed by atoms with Gasteiger partial charge in [-0.1, -0.05) is 0 Å². The molecule has 20 heavy (non-hydrogen) atoms. The van der Waals surface area contributed by atoms with Crippen LogP contribution in [0.2, 0.25) is 0 Å². The summed E-state index contributed by atoms with van der Waals surface area (Å²) in [6.07, 6.45) is 4.18. The molecule has 0 amide bonds. The molecule has 2 aromatic rings. The van der Waals surface area contributed by atoms with Crippen molar-refractivity contribution >= 4 is 11.2 Å². The lowest BCUT2D eigenvalue weighted by molar-refractivity contribution is 0.192. The fourth-order valence-corrected chi connectivity index (χ4v) is 3.33. The second kappa shape index (κ2) is 5.14. The van der Waals surface area contributed by atoms with E-state index in [4.69, 9.17) is 9.72 Å². The molecule has 2 saturated heterocycles. The molecular weight excluding hydrogens is 252 g/mol. The average Bonchev–Trinajstić information content (AvgIpc) is 3.19. The minimum absolute atomic E-state index is 0.429. The molecule has 2 aromatic heterocycles.